The van der Waals surface area contributed by atoms with Crippen molar-refractivity contribution in [2.45, 2.75) is 6.42 Å². The summed E-state index contributed by atoms with van der Waals surface area (Å²) in [7, 11) is 0. The van der Waals surface area contributed by atoms with Gasteiger partial charge in [-0.25, -0.2) is 0 Å². The van der Waals surface area contributed by atoms with Crippen LogP contribution in [0.3, 0.4) is 0 Å². The van der Waals surface area contributed by atoms with Crippen LogP contribution in [-0.2, 0) is 6.42 Å². The van der Waals surface area contributed by atoms with Crippen molar-refractivity contribution in [3.8, 4) is 5.75 Å². The van der Waals surface area contributed by atoms with Crippen LogP contribution in [0.15, 0.2) is 46.3 Å². The zero-order valence-corrected chi connectivity index (χ0v) is 11.2. The van der Waals surface area contributed by atoms with Gasteiger partial charge in [0.05, 0.1) is 5.69 Å². The van der Waals surface area contributed by atoms with Crippen LogP contribution in [0.5, 0.6) is 5.75 Å². The van der Waals surface area contributed by atoms with Crippen LogP contribution in [0, 0.1) is 0 Å². The Labute approximate surface area is 114 Å². The van der Waals surface area contributed by atoms with Crippen molar-refractivity contribution < 1.29 is 5.11 Å². The summed E-state index contributed by atoms with van der Waals surface area (Å²) in [5.41, 5.74) is 1.61. The predicted octanol–water partition coefficient (Wildman–Crippen LogP) is 2.61. The minimum Gasteiger partial charge on any atom is -0.507 e. The molecule has 1 N–H and O–H groups in total. The SMILES string of the molecule is Oc1ccc(Br)cc1C=NCCc1cnccn1. The summed E-state index contributed by atoms with van der Waals surface area (Å²) in [6.45, 7) is 0.616. The quantitative estimate of drug-likeness (QED) is 0.883. The Morgan fingerprint density at radius 2 is 2.22 bits per heavy atom. The number of phenolic OH excluding ortho intramolecular Hbond substituents is 1. The second-order valence-electron chi connectivity index (χ2n) is 3.69. The lowest BCUT2D eigenvalue weighted by atomic mass is 10.2. The van der Waals surface area contributed by atoms with E-state index in [0.29, 0.717) is 12.1 Å². The molecule has 4 nitrogen and oxygen atoms in total. The first kappa shape index (κ1) is 12.7. The predicted molar refractivity (Wildman–Crippen MR) is 74.0 cm³/mol. The van der Waals surface area contributed by atoms with Gasteiger partial charge in [0, 0.05) is 47.8 Å². The van der Waals surface area contributed by atoms with E-state index in [1.54, 1.807) is 36.9 Å². The molecular formula is C13H12BrN3O. The normalized spacial score (nSPS) is 10.9. The van der Waals surface area contributed by atoms with Crippen molar-refractivity contribution in [1.82, 2.24) is 9.97 Å². The Kier molecular flexibility index (Phi) is 4.41. The lowest BCUT2D eigenvalue weighted by Crippen LogP contribution is -1.94. The number of aliphatic imine (C=N–C) groups is 1. The van der Waals surface area contributed by atoms with Gasteiger partial charge in [0.2, 0.25) is 0 Å². The largest absolute Gasteiger partial charge is 0.507 e. The Morgan fingerprint density at radius 1 is 1.33 bits per heavy atom. The van der Waals surface area contributed by atoms with E-state index in [1.807, 2.05) is 6.07 Å². The highest BCUT2D eigenvalue weighted by atomic mass is 79.9. The fraction of sp³-hybridized carbons (Fsp3) is 0.154. The highest BCUT2D eigenvalue weighted by Crippen LogP contribution is 2.19. The molecule has 0 radical (unpaired) electrons. The van der Waals surface area contributed by atoms with E-state index in [0.717, 1.165) is 16.6 Å². The van der Waals surface area contributed by atoms with Crippen LogP contribution in [0.1, 0.15) is 11.3 Å². The van der Waals surface area contributed by atoms with Crippen LogP contribution >= 0.6 is 15.9 Å². The van der Waals surface area contributed by atoms with Crippen LogP contribution in [0.2, 0.25) is 0 Å². The van der Waals surface area contributed by atoms with Gasteiger partial charge >= 0.3 is 0 Å². The Bertz CT molecular complexity index is 543. The number of aromatic nitrogens is 2. The van der Waals surface area contributed by atoms with Crippen LogP contribution < -0.4 is 0 Å². The lowest BCUT2D eigenvalue weighted by Gasteiger charge is -1.99. The third-order valence-electron chi connectivity index (χ3n) is 2.33. The van der Waals surface area contributed by atoms with Crippen molar-refractivity contribution in [2.24, 2.45) is 4.99 Å². The number of aromatic hydroxyl groups is 1. The van der Waals surface area contributed by atoms with E-state index in [9.17, 15) is 5.11 Å². The smallest absolute Gasteiger partial charge is 0.124 e. The van der Waals surface area contributed by atoms with Crippen LogP contribution in [-0.4, -0.2) is 27.8 Å². The maximum Gasteiger partial charge on any atom is 0.124 e. The lowest BCUT2D eigenvalue weighted by molar-refractivity contribution is 0.474. The molecule has 0 atom stereocenters. The molecule has 5 heteroatoms. The molecule has 92 valence electrons. The third kappa shape index (κ3) is 3.63. The fourth-order valence-corrected chi connectivity index (χ4v) is 1.81. The molecule has 0 unspecified atom stereocenters. The van der Waals surface area contributed by atoms with Crippen molar-refractivity contribution in [3.05, 3.63) is 52.5 Å². The highest BCUT2D eigenvalue weighted by molar-refractivity contribution is 9.10. The molecule has 0 spiro atoms. The van der Waals surface area contributed by atoms with Gasteiger partial charge < -0.3 is 5.11 Å². The standard InChI is InChI=1S/C13H12BrN3O/c14-11-1-2-13(18)10(7-11)8-15-4-3-12-9-16-5-6-17-12/h1-2,5-9,18H,3-4H2. The van der Waals surface area contributed by atoms with Gasteiger partial charge in [-0.1, -0.05) is 15.9 Å². The molecule has 18 heavy (non-hydrogen) atoms. The van der Waals surface area contributed by atoms with Crippen molar-refractivity contribution in [2.75, 3.05) is 6.54 Å². The van der Waals surface area contributed by atoms with Crippen LogP contribution in [0.25, 0.3) is 0 Å². The Hall–Kier alpha value is -1.75. The number of hydrogen-bond acceptors (Lipinski definition) is 4. The minimum absolute atomic E-state index is 0.224. The van der Waals surface area contributed by atoms with E-state index < -0.39 is 0 Å². The topological polar surface area (TPSA) is 58.4 Å². The number of nitrogens with zero attached hydrogens (tertiary/aromatic N) is 3. The maximum absolute atomic E-state index is 9.62. The molecule has 0 amide bonds. The van der Waals surface area contributed by atoms with E-state index in [4.69, 9.17) is 0 Å². The Morgan fingerprint density at radius 3 is 3.00 bits per heavy atom. The second-order valence-corrected chi connectivity index (χ2v) is 4.60. The number of benzene rings is 1. The second kappa shape index (κ2) is 6.26. The first-order valence-electron chi connectivity index (χ1n) is 5.49. The summed E-state index contributed by atoms with van der Waals surface area (Å²) in [6, 6.07) is 5.24. The zero-order chi connectivity index (χ0) is 12.8. The monoisotopic (exact) mass is 305 g/mol. The fourth-order valence-electron chi connectivity index (χ4n) is 1.43. The van der Waals surface area contributed by atoms with Gasteiger partial charge in [-0.15, -0.1) is 0 Å². The summed E-state index contributed by atoms with van der Waals surface area (Å²) in [5.74, 6) is 0.224. The number of phenols is 1. The van der Waals surface area contributed by atoms with Crippen molar-refractivity contribution in [1.29, 1.82) is 0 Å². The number of hydrogen-bond donors (Lipinski definition) is 1. The summed E-state index contributed by atoms with van der Waals surface area (Å²) in [6.07, 6.45) is 7.44. The van der Waals surface area contributed by atoms with E-state index in [-0.39, 0.29) is 5.75 Å². The van der Waals surface area contributed by atoms with Gasteiger partial charge in [0.1, 0.15) is 5.75 Å². The first-order valence-corrected chi connectivity index (χ1v) is 6.28. The minimum atomic E-state index is 0.224. The van der Waals surface area contributed by atoms with Gasteiger partial charge in [0.25, 0.3) is 0 Å². The molecule has 0 saturated carbocycles. The zero-order valence-electron chi connectivity index (χ0n) is 9.62. The molecule has 0 fully saturated rings. The first-order chi connectivity index (χ1) is 8.75. The molecule has 1 aromatic carbocycles. The average Bonchev–Trinajstić information content (AvgIpc) is 2.40. The summed E-state index contributed by atoms with van der Waals surface area (Å²) >= 11 is 3.35. The molecule has 2 aromatic rings. The third-order valence-corrected chi connectivity index (χ3v) is 2.83. The summed E-state index contributed by atoms with van der Waals surface area (Å²) < 4.78 is 0.913. The maximum atomic E-state index is 9.62. The van der Waals surface area contributed by atoms with Gasteiger partial charge in [-0.3, -0.25) is 15.0 Å². The van der Waals surface area contributed by atoms with E-state index in [1.165, 1.54) is 0 Å². The molecule has 0 aliphatic heterocycles. The van der Waals surface area contributed by atoms with Gasteiger partial charge in [-0.05, 0) is 18.2 Å². The van der Waals surface area contributed by atoms with E-state index in [2.05, 4.69) is 30.9 Å². The summed E-state index contributed by atoms with van der Waals surface area (Å²) in [5, 5.41) is 9.62. The highest BCUT2D eigenvalue weighted by Gasteiger charge is 1.98. The molecule has 0 aliphatic rings. The molecule has 0 saturated heterocycles. The molecule has 0 aliphatic carbocycles. The van der Waals surface area contributed by atoms with Crippen LogP contribution in [0.4, 0.5) is 0 Å². The van der Waals surface area contributed by atoms with E-state index >= 15 is 0 Å². The average molecular weight is 306 g/mol. The molecule has 2 rings (SSSR count). The molecular weight excluding hydrogens is 294 g/mol. The Balaban J connectivity index is 1.94. The molecule has 1 heterocycles. The number of halogens is 1. The van der Waals surface area contributed by atoms with Crippen molar-refractivity contribution in [3.63, 3.8) is 0 Å². The summed E-state index contributed by atoms with van der Waals surface area (Å²) in [4.78, 5) is 12.4. The molecule has 0 bridgehead atoms. The van der Waals surface area contributed by atoms with Crippen molar-refractivity contribution >= 4 is 22.1 Å². The number of rotatable bonds is 4. The molecule has 1 aromatic heterocycles. The van der Waals surface area contributed by atoms with Gasteiger partial charge in [-0.2, -0.15) is 0 Å². The van der Waals surface area contributed by atoms with Gasteiger partial charge in [0.15, 0.2) is 0 Å².